The summed E-state index contributed by atoms with van der Waals surface area (Å²) in [6.45, 7) is 0.784. The van der Waals surface area contributed by atoms with E-state index in [1.54, 1.807) is 6.20 Å². The van der Waals surface area contributed by atoms with E-state index in [0.717, 1.165) is 18.9 Å². The van der Waals surface area contributed by atoms with Crippen molar-refractivity contribution < 1.29 is 4.74 Å². The van der Waals surface area contributed by atoms with Crippen LogP contribution in [0.5, 0.6) is 5.88 Å². The zero-order valence-corrected chi connectivity index (χ0v) is 9.36. The van der Waals surface area contributed by atoms with Crippen LogP contribution in [0.2, 0.25) is 0 Å². The maximum Gasteiger partial charge on any atom is 0.208 e. The van der Waals surface area contributed by atoms with Crippen LogP contribution in [-0.2, 0) is 0 Å². The van der Waals surface area contributed by atoms with Crippen molar-refractivity contribution in [1.29, 1.82) is 0 Å². The fourth-order valence-electron chi connectivity index (χ4n) is 0.998. The smallest absolute Gasteiger partial charge is 0.208 e. The standard InChI is InChI=1S/C9H18N2OS/c1-13(2,3)8-4-7-12-9-5-6-10-11-9/h5-6H,4,7-8H2,1-3H3,(H,10,11). The van der Waals surface area contributed by atoms with Crippen LogP contribution in [0.25, 0.3) is 0 Å². The molecule has 1 aromatic heterocycles. The third-order valence-electron chi connectivity index (χ3n) is 1.63. The summed E-state index contributed by atoms with van der Waals surface area (Å²) in [6, 6.07) is 1.84. The lowest BCUT2D eigenvalue weighted by Crippen LogP contribution is -2.05. The molecule has 1 rings (SSSR count). The third-order valence-corrected chi connectivity index (χ3v) is 3.15. The Kier molecular flexibility index (Phi) is 3.66. The van der Waals surface area contributed by atoms with Crippen LogP contribution in [0.4, 0.5) is 0 Å². The van der Waals surface area contributed by atoms with Gasteiger partial charge in [0.15, 0.2) is 0 Å². The van der Waals surface area contributed by atoms with Gasteiger partial charge in [-0.25, -0.2) is 15.1 Å². The molecule has 0 saturated carbocycles. The summed E-state index contributed by atoms with van der Waals surface area (Å²) in [4.78, 5) is 0. The molecule has 1 heterocycles. The second kappa shape index (κ2) is 4.56. The highest BCUT2D eigenvalue weighted by molar-refractivity contribution is 8.32. The van der Waals surface area contributed by atoms with E-state index < -0.39 is 0 Å². The number of aromatic amines is 1. The maximum absolute atomic E-state index is 5.44. The lowest BCUT2D eigenvalue weighted by molar-refractivity contribution is 0.306. The maximum atomic E-state index is 5.44. The zero-order valence-electron chi connectivity index (χ0n) is 8.54. The van der Waals surface area contributed by atoms with Crippen molar-refractivity contribution in [2.75, 3.05) is 31.1 Å². The van der Waals surface area contributed by atoms with Gasteiger partial charge in [-0.3, -0.25) is 0 Å². The van der Waals surface area contributed by atoms with E-state index in [0.29, 0.717) is 0 Å². The fourth-order valence-corrected chi connectivity index (χ4v) is 1.98. The SMILES string of the molecule is CS(C)(C)CCCOc1ccn[nH]1. The summed E-state index contributed by atoms with van der Waals surface area (Å²) >= 11 is 0. The van der Waals surface area contributed by atoms with Crippen LogP contribution < -0.4 is 4.74 Å². The van der Waals surface area contributed by atoms with Gasteiger partial charge in [0.2, 0.25) is 5.88 Å². The Morgan fingerprint density at radius 2 is 2.23 bits per heavy atom. The van der Waals surface area contributed by atoms with Crippen molar-refractivity contribution in [2.24, 2.45) is 0 Å². The van der Waals surface area contributed by atoms with Gasteiger partial charge in [-0.1, -0.05) is 0 Å². The Morgan fingerprint density at radius 1 is 1.46 bits per heavy atom. The van der Waals surface area contributed by atoms with E-state index in [2.05, 4.69) is 29.0 Å². The Bertz CT molecular complexity index is 228. The van der Waals surface area contributed by atoms with E-state index in [1.807, 2.05) is 6.07 Å². The predicted molar refractivity (Wildman–Crippen MR) is 58.9 cm³/mol. The molecule has 0 spiro atoms. The molecule has 13 heavy (non-hydrogen) atoms. The van der Waals surface area contributed by atoms with Gasteiger partial charge in [-0.05, 0) is 30.9 Å². The minimum Gasteiger partial charge on any atom is -0.478 e. The third kappa shape index (κ3) is 4.83. The summed E-state index contributed by atoms with van der Waals surface area (Å²) in [6.07, 6.45) is 9.79. The van der Waals surface area contributed by atoms with Gasteiger partial charge in [0.1, 0.15) is 0 Å². The predicted octanol–water partition coefficient (Wildman–Crippen LogP) is 1.87. The molecule has 0 aliphatic rings. The van der Waals surface area contributed by atoms with Crippen LogP contribution in [0.15, 0.2) is 12.3 Å². The first kappa shape index (κ1) is 10.4. The quantitative estimate of drug-likeness (QED) is 0.740. The highest BCUT2D eigenvalue weighted by atomic mass is 32.3. The minimum absolute atomic E-state index is 0.371. The molecule has 0 bridgehead atoms. The van der Waals surface area contributed by atoms with Crippen LogP contribution in [0.3, 0.4) is 0 Å². The largest absolute Gasteiger partial charge is 0.478 e. The Labute approximate surface area is 81.2 Å². The van der Waals surface area contributed by atoms with Gasteiger partial charge in [0, 0.05) is 6.07 Å². The van der Waals surface area contributed by atoms with Gasteiger partial charge in [0.05, 0.1) is 12.8 Å². The van der Waals surface area contributed by atoms with Crippen molar-refractivity contribution in [1.82, 2.24) is 10.2 Å². The van der Waals surface area contributed by atoms with E-state index in [1.165, 1.54) is 5.75 Å². The van der Waals surface area contributed by atoms with Crippen LogP contribution in [-0.4, -0.2) is 41.3 Å². The normalized spacial score (nSPS) is 12.8. The molecule has 0 radical (unpaired) electrons. The zero-order chi connectivity index (χ0) is 9.73. The Morgan fingerprint density at radius 3 is 2.77 bits per heavy atom. The molecule has 0 saturated heterocycles. The van der Waals surface area contributed by atoms with Crippen LogP contribution in [0.1, 0.15) is 6.42 Å². The second-order valence-corrected chi connectivity index (χ2v) is 8.51. The number of nitrogens with zero attached hydrogens (tertiary/aromatic N) is 1. The van der Waals surface area contributed by atoms with Crippen molar-refractivity contribution in [3.8, 4) is 5.88 Å². The first-order valence-corrected chi connectivity index (χ1v) is 7.39. The molecular formula is C9H18N2OS. The minimum atomic E-state index is -0.371. The van der Waals surface area contributed by atoms with E-state index in [4.69, 9.17) is 4.74 Å². The molecule has 0 unspecified atom stereocenters. The Hall–Kier alpha value is -0.640. The summed E-state index contributed by atoms with van der Waals surface area (Å²) < 4.78 is 5.44. The van der Waals surface area contributed by atoms with Crippen molar-refractivity contribution in [3.05, 3.63) is 12.3 Å². The average Bonchev–Trinajstić information content (AvgIpc) is 2.48. The van der Waals surface area contributed by atoms with E-state index >= 15 is 0 Å². The number of hydrogen-bond donors (Lipinski definition) is 1. The topological polar surface area (TPSA) is 37.9 Å². The highest BCUT2D eigenvalue weighted by Crippen LogP contribution is 2.34. The first-order valence-electron chi connectivity index (χ1n) is 4.36. The summed E-state index contributed by atoms with van der Waals surface area (Å²) in [7, 11) is -0.371. The molecule has 1 N–H and O–H groups in total. The highest BCUT2D eigenvalue weighted by Gasteiger charge is 2.03. The summed E-state index contributed by atoms with van der Waals surface area (Å²) in [5.41, 5.74) is 0. The molecule has 0 atom stereocenters. The Balaban J connectivity index is 2.09. The van der Waals surface area contributed by atoms with Crippen molar-refractivity contribution in [3.63, 3.8) is 0 Å². The summed E-state index contributed by atoms with van der Waals surface area (Å²) in [5, 5.41) is 6.57. The molecule has 0 aliphatic carbocycles. The lowest BCUT2D eigenvalue weighted by Gasteiger charge is -2.24. The van der Waals surface area contributed by atoms with Crippen molar-refractivity contribution >= 4 is 10.0 Å². The number of ether oxygens (including phenoxy) is 1. The molecular weight excluding hydrogens is 184 g/mol. The molecule has 0 amide bonds. The fraction of sp³-hybridized carbons (Fsp3) is 0.667. The molecule has 76 valence electrons. The number of H-pyrrole nitrogens is 1. The van der Waals surface area contributed by atoms with Crippen molar-refractivity contribution in [2.45, 2.75) is 6.42 Å². The van der Waals surface area contributed by atoms with Crippen LogP contribution >= 0.6 is 10.0 Å². The number of rotatable bonds is 5. The molecule has 0 aromatic carbocycles. The van der Waals surface area contributed by atoms with Gasteiger partial charge in [0.25, 0.3) is 0 Å². The lowest BCUT2D eigenvalue weighted by atomic mass is 10.5. The second-order valence-electron chi connectivity index (χ2n) is 3.92. The van der Waals surface area contributed by atoms with Crippen LogP contribution in [0, 0.1) is 0 Å². The molecule has 1 aromatic rings. The van der Waals surface area contributed by atoms with E-state index in [9.17, 15) is 0 Å². The number of hydrogen-bond acceptors (Lipinski definition) is 2. The number of aromatic nitrogens is 2. The number of nitrogens with one attached hydrogen (secondary N) is 1. The van der Waals surface area contributed by atoms with Gasteiger partial charge < -0.3 is 4.74 Å². The first-order chi connectivity index (χ1) is 6.08. The van der Waals surface area contributed by atoms with E-state index in [-0.39, 0.29) is 10.0 Å². The van der Waals surface area contributed by atoms with Gasteiger partial charge in [-0.15, -0.1) is 0 Å². The molecule has 0 aliphatic heterocycles. The van der Waals surface area contributed by atoms with Gasteiger partial charge >= 0.3 is 0 Å². The molecule has 4 heteroatoms. The van der Waals surface area contributed by atoms with Gasteiger partial charge in [-0.2, -0.15) is 5.10 Å². The molecule has 3 nitrogen and oxygen atoms in total. The summed E-state index contributed by atoms with van der Waals surface area (Å²) in [5.74, 6) is 2.03. The molecule has 0 fully saturated rings. The monoisotopic (exact) mass is 202 g/mol. The average molecular weight is 202 g/mol.